The summed E-state index contributed by atoms with van der Waals surface area (Å²) in [5, 5.41) is 22.2. The van der Waals surface area contributed by atoms with Crippen LogP contribution in [0.5, 0.6) is 28.7 Å². The molecule has 4 aromatic carbocycles. The molecule has 0 atom stereocenters. The molecule has 0 bridgehead atoms. The van der Waals surface area contributed by atoms with Gasteiger partial charge in [0, 0.05) is 0 Å². The smallest absolute Gasteiger partial charge is 0.855 e. The number of benzene rings is 4. The third-order valence-electron chi connectivity index (χ3n) is 7.22. The zero-order chi connectivity index (χ0) is 38.4. The molecule has 0 fully saturated rings. The molecule has 54 heavy (non-hydrogen) atoms. The molecule has 1 amide bonds. The van der Waals surface area contributed by atoms with Crippen molar-refractivity contribution in [1.29, 1.82) is 0 Å². The summed E-state index contributed by atoms with van der Waals surface area (Å²) in [7, 11) is 5.99. The first-order valence-corrected chi connectivity index (χ1v) is 16.6. The van der Waals surface area contributed by atoms with Crippen molar-refractivity contribution in [3.8, 4) is 28.7 Å². The van der Waals surface area contributed by atoms with Crippen LogP contribution >= 0.6 is 15.9 Å². The average molecular weight is 816 g/mol. The summed E-state index contributed by atoms with van der Waals surface area (Å²) in [5.74, 6) is -0.171. The van der Waals surface area contributed by atoms with Gasteiger partial charge in [-0.05, 0) is 60.7 Å². The first-order valence-electron chi connectivity index (χ1n) is 15.4. The van der Waals surface area contributed by atoms with Crippen molar-refractivity contribution in [2.75, 3.05) is 45.7 Å². The number of methoxy groups -OCH3 is 4. The van der Waals surface area contributed by atoms with Crippen molar-refractivity contribution in [1.82, 2.24) is 4.98 Å². The van der Waals surface area contributed by atoms with Gasteiger partial charge in [-0.3, -0.25) is 24.0 Å². The number of amides is 1. The molecule has 5 aromatic rings. The Morgan fingerprint density at radius 2 is 1.30 bits per heavy atom. The summed E-state index contributed by atoms with van der Waals surface area (Å²) in [6, 6.07) is 23.5. The minimum absolute atomic E-state index is 0. The molecule has 1 aliphatic rings. The van der Waals surface area contributed by atoms with E-state index in [2.05, 4.69) is 26.2 Å². The van der Waals surface area contributed by atoms with Crippen LogP contribution in [0.15, 0.2) is 89.7 Å². The minimum Gasteiger partial charge on any atom is -0.855 e. The number of hydrogen-bond donors (Lipinski definition) is 3. The fourth-order valence-electron chi connectivity index (χ4n) is 4.71. The topological polar surface area (TPSA) is 193 Å². The molecule has 0 spiro atoms. The molecule has 0 saturated heterocycles. The Bertz CT molecular complexity index is 2140. The van der Waals surface area contributed by atoms with Gasteiger partial charge < -0.3 is 39.5 Å². The van der Waals surface area contributed by atoms with Gasteiger partial charge >= 0.3 is 29.6 Å². The van der Waals surface area contributed by atoms with Crippen LogP contribution in [0.3, 0.4) is 0 Å². The van der Waals surface area contributed by atoms with Crippen LogP contribution in [0.4, 0.5) is 5.69 Å². The van der Waals surface area contributed by atoms with E-state index in [4.69, 9.17) is 24.1 Å². The quantitative estimate of drug-likeness (QED) is 0.0903. The molecule has 0 radical (unpaired) electrons. The number of rotatable bonds is 8. The molecule has 280 valence electrons. The van der Waals surface area contributed by atoms with Crippen LogP contribution in [-0.4, -0.2) is 73.7 Å². The Hall–Kier alpha value is -4.99. The maximum absolute atomic E-state index is 12.7. The predicted octanol–water partition coefficient (Wildman–Crippen LogP) is 2.59. The number of fused-ring (bicyclic) bond motifs is 2. The summed E-state index contributed by atoms with van der Waals surface area (Å²) in [4.78, 5) is 61.3. The fourth-order valence-corrected chi connectivity index (χ4v) is 5.01. The van der Waals surface area contributed by atoms with Crippen LogP contribution in [0, 0.1) is 0 Å². The number of hydrogen-bond acceptors (Lipinski definition) is 11. The summed E-state index contributed by atoms with van der Waals surface area (Å²) < 4.78 is 20.2. The van der Waals surface area contributed by atoms with Crippen molar-refractivity contribution in [2.24, 2.45) is 0 Å². The number of carbonyl (C=O) groups excluding carboxylic acids is 4. The third kappa shape index (κ3) is 11.5. The number of anilines is 1. The van der Waals surface area contributed by atoms with Crippen LogP contribution in [0.2, 0.25) is 0 Å². The number of para-hydroxylation sites is 2. The van der Waals surface area contributed by atoms with Crippen LogP contribution in [0.1, 0.15) is 51.1 Å². The number of H-pyrrole nitrogens is 1. The Morgan fingerprint density at radius 1 is 0.778 bits per heavy atom. The number of Topliss-reactive ketones (excluding diaryl/α,β-unsaturated/α-hetero) is 2. The molecule has 6 rings (SSSR count). The zero-order valence-corrected chi connectivity index (χ0v) is 33.5. The molecular formula is C39H40BrN2NaO11. The number of pyridine rings is 1. The normalized spacial score (nSPS) is 10.5. The number of nitrogens with one attached hydrogen (secondary N) is 2. The molecule has 13 nitrogen and oxygen atoms in total. The van der Waals surface area contributed by atoms with Gasteiger partial charge in [0.15, 0.2) is 11.5 Å². The van der Waals surface area contributed by atoms with Crippen molar-refractivity contribution in [3.05, 3.63) is 118 Å². The van der Waals surface area contributed by atoms with Gasteiger partial charge in [0.25, 0.3) is 11.7 Å². The number of halogens is 1. The number of ketones is 3. The molecular weight excluding hydrogens is 775 g/mol. The first-order chi connectivity index (χ1) is 25.0. The van der Waals surface area contributed by atoms with E-state index in [1.54, 1.807) is 80.8 Å². The van der Waals surface area contributed by atoms with E-state index in [1.807, 2.05) is 12.1 Å². The van der Waals surface area contributed by atoms with Crippen molar-refractivity contribution in [3.63, 3.8) is 0 Å². The summed E-state index contributed by atoms with van der Waals surface area (Å²) in [6.45, 7) is 1.57. The summed E-state index contributed by atoms with van der Waals surface area (Å²) in [6.07, 6.45) is 0. The first kappa shape index (κ1) is 47.0. The van der Waals surface area contributed by atoms with Crippen LogP contribution in [0.25, 0.3) is 10.9 Å². The van der Waals surface area contributed by atoms with E-state index in [0.717, 1.165) is 0 Å². The van der Waals surface area contributed by atoms with E-state index in [0.29, 0.717) is 50.7 Å². The van der Waals surface area contributed by atoms with Gasteiger partial charge in [-0.25, -0.2) is 0 Å². The van der Waals surface area contributed by atoms with E-state index in [-0.39, 0.29) is 66.0 Å². The molecule has 0 unspecified atom stereocenters. The van der Waals surface area contributed by atoms with E-state index >= 15 is 0 Å². The second-order valence-corrected chi connectivity index (χ2v) is 10.9. The van der Waals surface area contributed by atoms with Gasteiger partial charge in [-0.15, -0.1) is 6.61 Å². The Kier molecular flexibility index (Phi) is 20.0. The molecule has 0 aliphatic carbocycles. The molecule has 1 aromatic heterocycles. The van der Waals surface area contributed by atoms with Crippen molar-refractivity contribution in [2.45, 2.75) is 14.4 Å². The Balaban J connectivity index is 0.000000414. The second-order valence-electron chi connectivity index (χ2n) is 10.4. The van der Waals surface area contributed by atoms with Gasteiger partial charge in [0.2, 0.25) is 11.2 Å². The molecule has 2 heterocycles. The van der Waals surface area contributed by atoms with E-state index in [9.17, 15) is 29.1 Å². The second kappa shape index (κ2) is 22.9. The standard InChI is InChI=1S/C18H15NO5.C9H9BrO2.C9H7NO3.C2H5O.CH4.Na/c1-23-10-7-8-13-12(9-10)17(21)18(22)15(19-13)16(20)11-5-3-4-6-14(11)24-2;1-12-9-5-3-2-4-7(9)8(11)6-10;1-13-5-2-3-7-6(4-5)8(11)9(12)10-7;1-2-3;;/h3-9,22H,1-2H3,(H,19,21);2-5H,6H2,1H3;2-4H,1H3,(H,10,11,12);2H2,1H3;1H4;/q;;;-1;;+1. The Labute approximate surface area is 343 Å². The largest absolute Gasteiger partial charge is 1.00 e. The molecule has 3 N–H and O–H groups in total. The maximum Gasteiger partial charge on any atom is 1.00 e. The summed E-state index contributed by atoms with van der Waals surface area (Å²) >= 11 is 3.11. The van der Waals surface area contributed by atoms with Crippen LogP contribution in [-0.2, 0) is 4.79 Å². The zero-order valence-electron chi connectivity index (χ0n) is 29.9. The number of ether oxygens (including phenoxy) is 4. The number of aromatic hydroxyl groups is 1. The van der Waals surface area contributed by atoms with E-state index < -0.39 is 28.7 Å². The van der Waals surface area contributed by atoms with Gasteiger partial charge in [-0.2, -0.15) is 0 Å². The maximum atomic E-state index is 12.7. The van der Waals surface area contributed by atoms with Crippen molar-refractivity contribution >= 4 is 55.8 Å². The average Bonchev–Trinajstić information content (AvgIpc) is 3.47. The number of carbonyl (C=O) groups is 4. The fraction of sp³-hybridized carbons (Fsp3) is 0.205. The monoisotopic (exact) mass is 814 g/mol. The summed E-state index contributed by atoms with van der Waals surface area (Å²) in [5.41, 5.74) is 1.41. The SMILES string of the molecule is C.CC[O-].COc1ccc2[nH]c(C(=O)c3ccccc3OC)c(O)c(=O)c2c1.COc1ccc2c(c1)C(=O)C(=O)N2.COc1ccccc1C(=O)CBr.[Na+]. The minimum atomic E-state index is -0.638. The number of aromatic amines is 1. The van der Waals surface area contributed by atoms with Gasteiger partial charge in [-0.1, -0.05) is 54.5 Å². The van der Waals surface area contributed by atoms with Crippen molar-refractivity contribution < 1.29 is 77.9 Å². The Morgan fingerprint density at radius 3 is 1.85 bits per heavy atom. The van der Waals surface area contributed by atoms with E-state index in [1.165, 1.54) is 27.4 Å². The van der Waals surface area contributed by atoms with Gasteiger partial charge in [0.05, 0.1) is 67.0 Å². The third-order valence-corrected chi connectivity index (χ3v) is 7.73. The van der Waals surface area contributed by atoms with Gasteiger partial charge in [0.1, 0.15) is 28.7 Å². The number of alkyl halides is 1. The molecule has 1 aliphatic heterocycles. The number of aromatic nitrogens is 1. The molecule has 15 heteroatoms. The predicted molar refractivity (Wildman–Crippen MR) is 204 cm³/mol. The molecule has 0 saturated carbocycles. The van der Waals surface area contributed by atoms with Crippen LogP contribution < -0.4 is 64.4 Å².